The van der Waals surface area contributed by atoms with Gasteiger partial charge >= 0.3 is 17.6 Å². The van der Waals surface area contributed by atoms with Crippen molar-refractivity contribution in [2.45, 2.75) is 39.5 Å². The summed E-state index contributed by atoms with van der Waals surface area (Å²) in [7, 11) is 0. The molecule has 6 nitrogen and oxygen atoms in total. The number of hydrogen-bond acceptors (Lipinski definition) is 6. The van der Waals surface area contributed by atoms with Crippen LogP contribution in [0.2, 0.25) is 0 Å². The molecule has 0 aliphatic heterocycles. The van der Waals surface area contributed by atoms with E-state index in [1.807, 2.05) is 13.0 Å². The van der Waals surface area contributed by atoms with Crippen molar-refractivity contribution in [3.05, 3.63) is 58.0 Å². The zero-order chi connectivity index (χ0) is 19.8. The molecule has 0 spiro atoms. The lowest BCUT2D eigenvalue weighted by Gasteiger charge is -2.06. The van der Waals surface area contributed by atoms with Crippen LogP contribution in [0.1, 0.15) is 48.5 Å². The Hall–Kier alpha value is -2.89. The van der Waals surface area contributed by atoms with Gasteiger partial charge in [0.1, 0.15) is 11.1 Å². The van der Waals surface area contributed by atoms with E-state index >= 15 is 0 Å². The average Bonchev–Trinajstić information content (AvgIpc) is 2.62. The van der Waals surface area contributed by atoms with Crippen LogP contribution in [0.3, 0.4) is 0 Å². The smallest absolute Gasteiger partial charge is 0.351 e. The summed E-state index contributed by atoms with van der Waals surface area (Å²) in [5.41, 5.74) is 1.00. The fourth-order valence-corrected chi connectivity index (χ4v) is 2.45. The summed E-state index contributed by atoms with van der Waals surface area (Å²) in [6, 6.07) is 6.93. The number of carbonyl (C=O) groups excluding carboxylic acids is 2. The SMILES string of the molecule is C=C(C)C(=O)OCCCCCCOC(=O)c1cc2ccc(C)cc2oc1=O. The van der Waals surface area contributed by atoms with Crippen LogP contribution in [-0.2, 0) is 14.3 Å². The second-order valence-corrected chi connectivity index (χ2v) is 6.46. The molecule has 0 aliphatic carbocycles. The zero-order valence-corrected chi connectivity index (χ0v) is 15.7. The van der Waals surface area contributed by atoms with Gasteiger partial charge in [-0.25, -0.2) is 14.4 Å². The molecule has 0 aliphatic rings. The van der Waals surface area contributed by atoms with Crippen LogP contribution in [0, 0.1) is 6.92 Å². The number of aryl methyl sites for hydroxylation is 1. The minimum Gasteiger partial charge on any atom is -0.462 e. The Morgan fingerprint density at radius 3 is 2.37 bits per heavy atom. The van der Waals surface area contributed by atoms with E-state index < -0.39 is 11.6 Å². The predicted octanol–water partition coefficient (Wildman–Crippen LogP) is 3.94. The van der Waals surface area contributed by atoms with Crippen molar-refractivity contribution in [3.8, 4) is 0 Å². The lowest BCUT2D eigenvalue weighted by molar-refractivity contribution is -0.139. The Balaban J connectivity index is 1.73. The number of carbonyl (C=O) groups is 2. The number of hydrogen-bond donors (Lipinski definition) is 0. The third kappa shape index (κ3) is 6.09. The molecule has 0 fully saturated rings. The molecule has 0 amide bonds. The first-order chi connectivity index (χ1) is 12.9. The highest BCUT2D eigenvalue weighted by Crippen LogP contribution is 2.15. The van der Waals surface area contributed by atoms with Gasteiger partial charge in [0.15, 0.2) is 0 Å². The predicted molar refractivity (Wildman–Crippen MR) is 102 cm³/mol. The minimum absolute atomic E-state index is 0.0990. The molecule has 0 unspecified atom stereocenters. The summed E-state index contributed by atoms with van der Waals surface area (Å²) < 4.78 is 15.4. The third-order valence-corrected chi connectivity index (χ3v) is 3.96. The van der Waals surface area contributed by atoms with E-state index in [4.69, 9.17) is 13.9 Å². The molecule has 1 aromatic carbocycles. The Bertz CT molecular complexity index is 893. The molecule has 0 saturated carbocycles. The Kier molecular flexibility index (Phi) is 7.34. The van der Waals surface area contributed by atoms with Crippen molar-refractivity contribution in [1.82, 2.24) is 0 Å². The molecule has 6 heteroatoms. The standard InChI is InChI=1S/C21H24O6/c1-14(2)19(22)25-10-6-4-5-7-11-26-20(23)17-13-16-9-8-15(3)12-18(16)27-21(17)24/h8-9,12-13H,1,4-7,10-11H2,2-3H3. The van der Waals surface area contributed by atoms with E-state index in [-0.39, 0.29) is 18.1 Å². The summed E-state index contributed by atoms with van der Waals surface area (Å²) in [4.78, 5) is 35.3. The maximum atomic E-state index is 12.1. The lowest BCUT2D eigenvalue weighted by atomic mass is 10.1. The fraction of sp³-hybridized carbons (Fsp3) is 0.381. The van der Waals surface area contributed by atoms with Gasteiger partial charge in [0, 0.05) is 11.0 Å². The topological polar surface area (TPSA) is 82.8 Å². The molecule has 0 atom stereocenters. The van der Waals surface area contributed by atoms with Gasteiger partial charge in [0.2, 0.25) is 0 Å². The monoisotopic (exact) mass is 372 g/mol. The number of esters is 2. The first-order valence-electron chi connectivity index (χ1n) is 8.93. The van der Waals surface area contributed by atoms with Crippen LogP contribution >= 0.6 is 0 Å². The van der Waals surface area contributed by atoms with E-state index in [0.717, 1.165) is 24.8 Å². The van der Waals surface area contributed by atoms with Gasteiger partial charge in [-0.2, -0.15) is 0 Å². The van der Waals surface area contributed by atoms with E-state index in [0.29, 0.717) is 29.6 Å². The van der Waals surface area contributed by atoms with Crippen molar-refractivity contribution in [1.29, 1.82) is 0 Å². The minimum atomic E-state index is -0.697. The number of fused-ring (bicyclic) bond motifs is 1. The number of unbranched alkanes of at least 4 members (excludes halogenated alkanes) is 3. The van der Waals surface area contributed by atoms with E-state index in [1.54, 1.807) is 19.1 Å². The van der Waals surface area contributed by atoms with Crippen molar-refractivity contribution < 1.29 is 23.5 Å². The molecule has 0 bridgehead atoms. The first kappa shape index (κ1) is 20.4. The Morgan fingerprint density at radius 1 is 1.04 bits per heavy atom. The summed E-state index contributed by atoms with van der Waals surface area (Å²) in [5.74, 6) is -1.06. The molecule has 1 heterocycles. The number of ether oxygens (including phenoxy) is 2. The highest BCUT2D eigenvalue weighted by molar-refractivity contribution is 5.92. The van der Waals surface area contributed by atoms with E-state index in [1.165, 1.54) is 6.07 Å². The van der Waals surface area contributed by atoms with Crippen LogP contribution in [0.15, 0.2) is 45.6 Å². The van der Waals surface area contributed by atoms with Gasteiger partial charge in [-0.05, 0) is 57.2 Å². The normalized spacial score (nSPS) is 10.6. The second-order valence-electron chi connectivity index (χ2n) is 6.46. The highest BCUT2D eigenvalue weighted by atomic mass is 16.5. The molecule has 1 aromatic heterocycles. The van der Waals surface area contributed by atoms with Crippen LogP contribution < -0.4 is 5.63 Å². The van der Waals surface area contributed by atoms with Crippen LogP contribution in [-0.4, -0.2) is 25.2 Å². The van der Waals surface area contributed by atoms with Crippen molar-refractivity contribution in [2.75, 3.05) is 13.2 Å². The fourth-order valence-electron chi connectivity index (χ4n) is 2.45. The molecular weight excluding hydrogens is 348 g/mol. The Morgan fingerprint density at radius 2 is 1.70 bits per heavy atom. The Labute approximate surface area is 157 Å². The average molecular weight is 372 g/mol. The quantitative estimate of drug-likeness (QED) is 0.287. The molecular formula is C21H24O6. The number of benzene rings is 1. The number of rotatable bonds is 9. The van der Waals surface area contributed by atoms with Crippen molar-refractivity contribution in [3.63, 3.8) is 0 Å². The molecule has 0 radical (unpaired) electrons. The van der Waals surface area contributed by atoms with Crippen LogP contribution in [0.25, 0.3) is 11.0 Å². The van der Waals surface area contributed by atoms with Gasteiger partial charge < -0.3 is 13.9 Å². The summed E-state index contributed by atoms with van der Waals surface area (Å²) in [6.45, 7) is 7.58. The maximum absolute atomic E-state index is 12.1. The highest BCUT2D eigenvalue weighted by Gasteiger charge is 2.15. The van der Waals surface area contributed by atoms with Gasteiger partial charge in [0.05, 0.1) is 13.2 Å². The van der Waals surface area contributed by atoms with E-state index in [2.05, 4.69) is 6.58 Å². The lowest BCUT2D eigenvalue weighted by Crippen LogP contribution is -2.17. The summed E-state index contributed by atoms with van der Waals surface area (Å²) >= 11 is 0. The van der Waals surface area contributed by atoms with Crippen LogP contribution in [0.4, 0.5) is 0 Å². The van der Waals surface area contributed by atoms with Crippen molar-refractivity contribution >= 4 is 22.9 Å². The van der Waals surface area contributed by atoms with Gasteiger partial charge in [-0.15, -0.1) is 0 Å². The summed E-state index contributed by atoms with van der Waals surface area (Å²) in [5, 5.41) is 0.677. The molecule has 0 N–H and O–H groups in total. The molecule has 2 aromatic rings. The van der Waals surface area contributed by atoms with Gasteiger partial charge in [0.25, 0.3) is 0 Å². The molecule has 0 saturated heterocycles. The first-order valence-corrected chi connectivity index (χ1v) is 8.93. The second kappa shape index (κ2) is 9.71. The summed E-state index contributed by atoms with van der Waals surface area (Å²) in [6.07, 6.45) is 3.07. The molecule has 27 heavy (non-hydrogen) atoms. The zero-order valence-electron chi connectivity index (χ0n) is 15.7. The maximum Gasteiger partial charge on any atom is 0.351 e. The van der Waals surface area contributed by atoms with Crippen LogP contribution in [0.5, 0.6) is 0 Å². The molecule has 2 rings (SSSR count). The van der Waals surface area contributed by atoms with Crippen molar-refractivity contribution in [2.24, 2.45) is 0 Å². The molecule has 144 valence electrons. The van der Waals surface area contributed by atoms with Gasteiger partial charge in [-0.3, -0.25) is 0 Å². The van der Waals surface area contributed by atoms with Gasteiger partial charge in [-0.1, -0.05) is 18.7 Å². The third-order valence-electron chi connectivity index (χ3n) is 3.96. The largest absolute Gasteiger partial charge is 0.462 e. The van der Waals surface area contributed by atoms with E-state index in [9.17, 15) is 14.4 Å².